The molecule has 19 heavy (non-hydrogen) atoms. The third-order valence-corrected chi connectivity index (χ3v) is 2.72. The summed E-state index contributed by atoms with van der Waals surface area (Å²) < 4.78 is 28.6. The van der Waals surface area contributed by atoms with Crippen LogP contribution in [0.15, 0.2) is 48.8 Å². The molecule has 0 fully saturated rings. The van der Waals surface area contributed by atoms with Gasteiger partial charge >= 0.3 is 6.61 Å². The van der Waals surface area contributed by atoms with Crippen LogP contribution in [0, 0.1) is 0 Å². The molecule has 0 amide bonds. The lowest BCUT2D eigenvalue weighted by atomic mass is 10.0. The molecular weight excluding hydrogens is 250 g/mol. The molecule has 1 heterocycles. The lowest BCUT2D eigenvalue weighted by Crippen LogP contribution is -2.13. The quantitative estimate of drug-likeness (QED) is 0.903. The third-order valence-electron chi connectivity index (χ3n) is 2.72. The number of ether oxygens (including phenoxy) is 1. The van der Waals surface area contributed by atoms with Gasteiger partial charge in [0.05, 0.1) is 0 Å². The second-order valence-corrected chi connectivity index (χ2v) is 4.12. The predicted octanol–water partition coefficient (Wildman–Crippen LogP) is 2.93. The smallest absolute Gasteiger partial charge is 0.387 e. The van der Waals surface area contributed by atoms with Gasteiger partial charge in [0.25, 0.3) is 0 Å². The van der Waals surface area contributed by atoms with E-state index in [1.165, 1.54) is 12.1 Å². The van der Waals surface area contributed by atoms with E-state index in [4.69, 9.17) is 5.73 Å². The fraction of sp³-hybridized carbons (Fsp3) is 0.214. The summed E-state index contributed by atoms with van der Waals surface area (Å²) in [5.74, 6) is 0.123. The van der Waals surface area contributed by atoms with Crippen molar-refractivity contribution in [1.82, 2.24) is 4.98 Å². The number of nitrogens with zero attached hydrogens (tertiary/aromatic N) is 1. The van der Waals surface area contributed by atoms with Crippen LogP contribution in [0.25, 0.3) is 0 Å². The number of hydrogen-bond acceptors (Lipinski definition) is 3. The van der Waals surface area contributed by atoms with Crippen LogP contribution in [0.2, 0.25) is 0 Å². The molecule has 0 bridgehead atoms. The molecule has 0 saturated carbocycles. The number of nitrogens with two attached hydrogens (primary N) is 1. The van der Waals surface area contributed by atoms with E-state index in [0.717, 1.165) is 11.1 Å². The Hall–Kier alpha value is -2.01. The van der Waals surface area contributed by atoms with Crippen molar-refractivity contribution in [2.75, 3.05) is 0 Å². The van der Waals surface area contributed by atoms with Gasteiger partial charge in [0.1, 0.15) is 5.75 Å². The zero-order chi connectivity index (χ0) is 13.7. The number of benzene rings is 1. The van der Waals surface area contributed by atoms with Crippen LogP contribution < -0.4 is 10.5 Å². The number of rotatable bonds is 5. The molecule has 5 heteroatoms. The SMILES string of the molecule is NC(Cc1ccncc1)c1cccc(OC(F)F)c1. The Bertz CT molecular complexity index is 520. The first-order valence-electron chi connectivity index (χ1n) is 5.84. The van der Waals surface area contributed by atoms with E-state index in [1.807, 2.05) is 12.1 Å². The molecule has 1 atom stereocenters. The van der Waals surface area contributed by atoms with E-state index >= 15 is 0 Å². The molecule has 2 rings (SSSR count). The standard InChI is InChI=1S/C14H14F2N2O/c15-14(16)19-12-3-1-2-11(9-12)13(17)8-10-4-6-18-7-5-10/h1-7,9,13-14H,8,17H2. The molecule has 0 aliphatic carbocycles. The van der Waals surface area contributed by atoms with Crippen LogP contribution in [0.1, 0.15) is 17.2 Å². The first kappa shape index (κ1) is 13.4. The van der Waals surface area contributed by atoms with E-state index in [-0.39, 0.29) is 11.8 Å². The number of hydrogen-bond donors (Lipinski definition) is 1. The van der Waals surface area contributed by atoms with Gasteiger partial charge in [0.2, 0.25) is 0 Å². The van der Waals surface area contributed by atoms with Gasteiger partial charge in [-0.25, -0.2) is 0 Å². The van der Waals surface area contributed by atoms with Gasteiger partial charge in [-0.2, -0.15) is 8.78 Å². The molecule has 2 aromatic rings. The summed E-state index contributed by atoms with van der Waals surface area (Å²) in [6.07, 6.45) is 4.00. The Labute approximate surface area is 110 Å². The maximum absolute atomic E-state index is 12.1. The van der Waals surface area contributed by atoms with Gasteiger partial charge in [0, 0.05) is 18.4 Å². The molecule has 0 saturated heterocycles. The summed E-state index contributed by atoms with van der Waals surface area (Å²) in [5, 5.41) is 0. The first-order chi connectivity index (χ1) is 9.15. The summed E-state index contributed by atoms with van der Waals surface area (Å²) in [4.78, 5) is 3.93. The van der Waals surface area contributed by atoms with Crippen molar-refractivity contribution in [2.24, 2.45) is 5.73 Å². The highest BCUT2D eigenvalue weighted by Gasteiger charge is 2.10. The average molecular weight is 264 g/mol. The highest BCUT2D eigenvalue weighted by Crippen LogP contribution is 2.21. The summed E-state index contributed by atoms with van der Waals surface area (Å²) in [7, 11) is 0. The molecule has 0 radical (unpaired) electrons. The largest absolute Gasteiger partial charge is 0.435 e. The number of halogens is 2. The third kappa shape index (κ3) is 3.99. The zero-order valence-electron chi connectivity index (χ0n) is 10.2. The summed E-state index contributed by atoms with van der Waals surface area (Å²) in [6.45, 7) is -2.83. The minimum atomic E-state index is -2.83. The zero-order valence-corrected chi connectivity index (χ0v) is 10.2. The molecule has 1 aromatic heterocycles. The Morgan fingerprint density at radius 1 is 1.16 bits per heavy atom. The lowest BCUT2D eigenvalue weighted by molar-refractivity contribution is -0.0498. The van der Waals surface area contributed by atoms with E-state index in [2.05, 4.69) is 9.72 Å². The highest BCUT2D eigenvalue weighted by atomic mass is 19.3. The fourth-order valence-electron chi connectivity index (χ4n) is 1.81. The van der Waals surface area contributed by atoms with Crippen molar-refractivity contribution in [3.8, 4) is 5.75 Å². The number of pyridine rings is 1. The van der Waals surface area contributed by atoms with Gasteiger partial charge in [-0.05, 0) is 41.8 Å². The van der Waals surface area contributed by atoms with Crippen LogP contribution in [-0.2, 0) is 6.42 Å². The van der Waals surface area contributed by atoms with Crippen LogP contribution >= 0.6 is 0 Å². The minimum absolute atomic E-state index is 0.123. The highest BCUT2D eigenvalue weighted by molar-refractivity contribution is 5.31. The van der Waals surface area contributed by atoms with Gasteiger partial charge in [-0.1, -0.05) is 12.1 Å². The maximum Gasteiger partial charge on any atom is 0.387 e. The molecular formula is C14H14F2N2O. The van der Waals surface area contributed by atoms with Crippen molar-refractivity contribution in [3.63, 3.8) is 0 Å². The normalized spacial score (nSPS) is 12.4. The number of aromatic nitrogens is 1. The van der Waals surface area contributed by atoms with Crippen molar-refractivity contribution in [2.45, 2.75) is 19.1 Å². The van der Waals surface area contributed by atoms with Gasteiger partial charge in [0.15, 0.2) is 0 Å². The molecule has 0 aliphatic rings. The molecule has 1 aromatic carbocycles. The number of alkyl halides is 2. The van der Waals surface area contributed by atoms with Crippen molar-refractivity contribution >= 4 is 0 Å². The van der Waals surface area contributed by atoms with Crippen LogP contribution in [0.5, 0.6) is 5.75 Å². The van der Waals surface area contributed by atoms with Gasteiger partial charge < -0.3 is 10.5 Å². The molecule has 0 spiro atoms. The van der Waals surface area contributed by atoms with Crippen LogP contribution in [0.3, 0.4) is 0 Å². The summed E-state index contributed by atoms with van der Waals surface area (Å²) in [5.41, 5.74) is 7.87. The van der Waals surface area contributed by atoms with E-state index < -0.39 is 6.61 Å². The first-order valence-corrected chi connectivity index (χ1v) is 5.84. The summed E-state index contributed by atoms with van der Waals surface area (Å²) in [6, 6.07) is 9.94. The minimum Gasteiger partial charge on any atom is -0.435 e. The second kappa shape index (κ2) is 6.24. The molecule has 1 unspecified atom stereocenters. The van der Waals surface area contributed by atoms with Crippen LogP contribution in [-0.4, -0.2) is 11.6 Å². The maximum atomic E-state index is 12.1. The Balaban J connectivity index is 2.08. The van der Waals surface area contributed by atoms with Crippen molar-refractivity contribution in [1.29, 1.82) is 0 Å². The Morgan fingerprint density at radius 3 is 2.58 bits per heavy atom. The van der Waals surface area contributed by atoms with Crippen molar-refractivity contribution < 1.29 is 13.5 Å². The lowest BCUT2D eigenvalue weighted by Gasteiger charge is -2.13. The van der Waals surface area contributed by atoms with E-state index in [0.29, 0.717) is 6.42 Å². The fourth-order valence-corrected chi connectivity index (χ4v) is 1.81. The summed E-state index contributed by atoms with van der Waals surface area (Å²) >= 11 is 0. The Morgan fingerprint density at radius 2 is 1.89 bits per heavy atom. The van der Waals surface area contributed by atoms with Gasteiger partial charge in [-0.15, -0.1) is 0 Å². The molecule has 2 N–H and O–H groups in total. The molecule has 100 valence electrons. The second-order valence-electron chi connectivity index (χ2n) is 4.12. The van der Waals surface area contributed by atoms with Gasteiger partial charge in [-0.3, -0.25) is 4.98 Å². The van der Waals surface area contributed by atoms with Crippen LogP contribution in [0.4, 0.5) is 8.78 Å². The monoisotopic (exact) mass is 264 g/mol. The Kier molecular flexibility index (Phi) is 4.41. The molecule has 0 aliphatic heterocycles. The predicted molar refractivity (Wildman–Crippen MR) is 67.9 cm³/mol. The average Bonchev–Trinajstić information content (AvgIpc) is 2.39. The topological polar surface area (TPSA) is 48.1 Å². The molecule has 3 nitrogen and oxygen atoms in total. The van der Waals surface area contributed by atoms with E-state index in [1.54, 1.807) is 24.5 Å². The van der Waals surface area contributed by atoms with Crippen molar-refractivity contribution in [3.05, 3.63) is 59.9 Å². The van der Waals surface area contributed by atoms with E-state index in [9.17, 15) is 8.78 Å².